The summed E-state index contributed by atoms with van der Waals surface area (Å²) in [5.41, 5.74) is 0.271. The van der Waals surface area contributed by atoms with Crippen molar-refractivity contribution < 1.29 is 15.0 Å². The van der Waals surface area contributed by atoms with Gasteiger partial charge in [-0.25, -0.2) is 4.79 Å². The average Bonchev–Trinajstić information content (AvgIpc) is 2.41. The van der Waals surface area contributed by atoms with Crippen molar-refractivity contribution >= 4 is 22.0 Å². The van der Waals surface area contributed by atoms with E-state index in [2.05, 4.69) is 15.9 Å². The first-order chi connectivity index (χ1) is 9.40. The Kier molecular flexibility index (Phi) is 4.70. The van der Waals surface area contributed by atoms with Crippen molar-refractivity contribution in [1.82, 2.24) is 4.90 Å². The van der Waals surface area contributed by atoms with Crippen molar-refractivity contribution in [1.29, 1.82) is 0 Å². The van der Waals surface area contributed by atoms with E-state index < -0.39 is 11.7 Å². The fraction of sp³-hybridized carbons (Fsp3) is 0.533. The number of hydrogen-bond acceptors (Lipinski definition) is 2. The summed E-state index contributed by atoms with van der Waals surface area (Å²) in [5.74, 6) is 0.130. The van der Waals surface area contributed by atoms with E-state index in [-0.39, 0.29) is 5.92 Å². The number of likely N-dealkylation sites (tertiary alicyclic amines) is 1. The van der Waals surface area contributed by atoms with E-state index >= 15 is 0 Å². The summed E-state index contributed by atoms with van der Waals surface area (Å²) in [6.45, 7) is 2.87. The van der Waals surface area contributed by atoms with Crippen LogP contribution in [0.25, 0.3) is 0 Å². The molecule has 2 N–H and O–H groups in total. The molecule has 20 heavy (non-hydrogen) atoms. The Morgan fingerprint density at radius 3 is 2.55 bits per heavy atom. The number of rotatable bonds is 3. The van der Waals surface area contributed by atoms with Crippen LogP contribution in [-0.4, -0.2) is 39.9 Å². The molecule has 0 saturated carbocycles. The highest BCUT2D eigenvalue weighted by Gasteiger charge is 2.35. The zero-order valence-electron chi connectivity index (χ0n) is 11.6. The van der Waals surface area contributed by atoms with Gasteiger partial charge in [-0.3, -0.25) is 0 Å². The van der Waals surface area contributed by atoms with Crippen LogP contribution in [0.4, 0.5) is 4.79 Å². The van der Waals surface area contributed by atoms with E-state index in [4.69, 9.17) is 5.11 Å². The lowest BCUT2D eigenvalue weighted by Gasteiger charge is -2.39. The molecule has 1 saturated heterocycles. The fourth-order valence-corrected chi connectivity index (χ4v) is 3.29. The third kappa shape index (κ3) is 3.52. The molecule has 0 aromatic heterocycles. The van der Waals surface area contributed by atoms with E-state index in [1.54, 1.807) is 0 Å². The maximum Gasteiger partial charge on any atom is 0.407 e. The monoisotopic (exact) mass is 341 g/mol. The number of carboxylic acid groups (broad SMARTS) is 1. The van der Waals surface area contributed by atoms with Crippen LogP contribution in [-0.2, 0) is 6.42 Å². The number of benzene rings is 1. The first kappa shape index (κ1) is 15.3. The van der Waals surface area contributed by atoms with Crippen LogP contribution in [0, 0.1) is 5.92 Å². The van der Waals surface area contributed by atoms with E-state index in [0.29, 0.717) is 32.4 Å². The summed E-state index contributed by atoms with van der Waals surface area (Å²) in [6, 6.07) is 7.89. The second-order valence-electron chi connectivity index (χ2n) is 5.67. The Morgan fingerprint density at radius 1 is 1.40 bits per heavy atom. The zero-order chi connectivity index (χ0) is 14.8. The van der Waals surface area contributed by atoms with Gasteiger partial charge in [0.2, 0.25) is 0 Å². The molecule has 0 radical (unpaired) electrons. The third-order valence-electron chi connectivity index (χ3n) is 4.15. The molecule has 1 amide bonds. The van der Waals surface area contributed by atoms with Crippen LogP contribution in [0.3, 0.4) is 0 Å². The normalized spacial score (nSPS) is 19.6. The molecule has 1 heterocycles. The number of piperidine rings is 1. The summed E-state index contributed by atoms with van der Waals surface area (Å²) < 4.78 is 1.00. The molecule has 0 aliphatic carbocycles. The molecular formula is C15H20BrNO3. The van der Waals surface area contributed by atoms with Crippen LogP contribution in [0.15, 0.2) is 28.7 Å². The Morgan fingerprint density at radius 2 is 2.00 bits per heavy atom. The van der Waals surface area contributed by atoms with E-state index in [1.165, 1.54) is 4.90 Å². The predicted octanol–water partition coefficient (Wildman–Crippen LogP) is 3.13. The topological polar surface area (TPSA) is 60.8 Å². The summed E-state index contributed by atoms with van der Waals surface area (Å²) in [6.07, 6.45) is 1.13. The number of halogens is 1. The third-order valence-corrected chi connectivity index (χ3v) is 4.92. The van der Waals surface area contributed by atoms with Crippen molar-refractivity contribution in [3.05, 3.63) is 34.3 Å². The number of carbonyl (C=O) groups is 1. The van der Waals surface area contributed by atoms with E-state index in [0.717, 1.165) is 10.0 Å². The highest BCUT2D eigenvalue weighted by Crippen LogP contribution is 2.32. The molecule has 4 nitrogen and oxygen atoms in total. The quantitative estimate of drug-likeness (QED) is 0.887. The minimum atomic E-state index is -0.867. The zero-order valence-corrected chi connectivity index (χ0v) is 13.1. The number of hydrogen-bond donors (Lipinski definition) is 2. The van der Waals surface area contributed by atoms with Crippen LogP contribution < -0.4 is 0 Å². The maximum atomic E-state index is 10.9. The van der Waals surface area contributed by atoms with Crippen LogP contribution in [0.5, 0.6) is 0 Å². The number of aliphatic hydroxyl groups is 1. The highest BCUT2D eigenvalue weighted by atomic mass is 79.9. The summed E-state index contributed by atoms with van der Waals surface area (Å²) in [7, 11) is 0. The first-order valence-electron chi connectivity index (χ1n) is 6.84. The molecule has 1 atom stereocenters. The molecule has 1 aromatic carbocycles. The summed E-state index contributed by atoms with van der Waals surface area (Å²) >= 11 is 3.50. The lowest BCUT2D eigenvalue weighted by atomic mass is 9.78. The molecule has 1 aromatic rings. The first-order valence-corrected chi connectivity index (χ1v) is 7.63. The van der Waals surface area contributed by atoms with Gasteiger partial charge in [-0.15, -0.1) is 0 Å². The second kappa shape index (κ2) is 6.14. The molecule has 1 unspecified atom stereocenters. The van der Waals surface area contributed by atoms with Crippen molar-refractivity contribution in [2.45, 2.75) is 31.8 Å². The van der Waals surface area contributed by atoms with Crippen molar-refractivity contribution in [3.8, 4) is 0 Å². The van der Waals surface area contributed by atoms with Crippen LogP contribution >= 0.6 is 15.9 Å². The van der Waals surface area contributed by atoms with Gasteiger partial charge >= 0.3 is 6.09 Å². The molecule has 1 aliphatic rings. The maximum absolute atomic E-state index is 10.9. The fourth-order valence-electron chi connectivity index (χ4n) is 2.86. The standard InChI is InChI=1S/C15H20BrNO3/c1-15(20,10-11-4-2-3-5-13(11)16)12-6-8-17(9-7-12)14(18)19/h2-5,12,20H,6-10H2,1H3,(H,18,19). The van der Waals surface area contributed by atoms with Crippen molar-refractivity contribution in [2.24, 2.45) is 5.92 Å². The minimum Gasteiger partial charge on any atom is -0.465 e. The Labute approximate surface area is 127 Å². The van der Waals surface area contributed by atoms with E-state index in [9.17, 15) is 9.90 Å². The van der Waals surface area contributed by atoms with Crippen molar-refractivity contribution in [3.63, 3.8) is 0 Å². The summed E-state index contributed by atoms with van der Waals surface area (Å²) in [5, 5.41) is 19.7. The Hall–Kier alpha value is -1.07. The van der Waals surface area contributed by atoms with Crippen LogP contribution in [0.2, 0.25) is 0 Å². The lowest BCUT2D eigenvalue weighted by molar-refractivity contribution is -0.0256. The lowest BCUT2D eigenvalue weighted by Crippen LogP contribution is -2.46. The Balaban J connectivity index is 2.01. The molecule has 1 aliphatic heterocycles. The number of nitrogens with zero attached hydrogens (tertiary/aromatic N) is 1. The van der Waals surface area contributed by atoms with Gasteiger partial charge in [-0.1, -0.05) is 34.1 Å². The SMILES string of the molecule is CC(O)(Cc1ccccc1Br)C1CCN(C(=O)O)CC1. The second-order valence-corrected chi connectivity index (χ2v) is 6.52. The molecule has 0 spiro atoms. The number of amides is 1. The highest BCUT2D eigenvalue weighted by molar-refractivity contribution is 9.10. The molecule has 5 heteroatoms. The van der Waals surface area contributed by atoms with Gasteiger partial charge in [-0.05, 0) is 37.3 Å². The Bertz CT molecular complexity index is 482. The smallest absolute Gasteiger partial charge is 0.407 e. The van der Waals surface area contributed by atoms with Gasteiger partial charge in [0.1, 0.15) is 0 Å². The van der Waals surface area contributed by atoms with E-state index in [1.807, 2.05) is 31.2 Å². The van der Waals surface area contributed by atoms with Crippen molar-refractivity contribution in [2.75, 3.05) is 13.1 Å². The van der Waals surface area contributed by atoms with Gasteiger partial charge in [0.15, 0.2) is 0 Å². The molecule has 0 bridgehead atoms. The van der Waals surface area contributed by atoms with Crippen LogP contribution in [0.1, 0.15) is 25.3 Å². The van der Waals surface area contributed by atoms with Gasteiger partial charge in [-0.2, -0.15) is 0 Å². The van der Waals surface area contributed by atoms with Gasteiger partial charge in [0, 0.05) is 24.0 Å². The minimum absolute atomic E-state index is 0.130. The van der Waals surface area contributed by atoms with Gasteiger partial charge < -0.3 is 15.1 Å². The molecular weight excluding hydrogens is 322 g/mol. The largest absolute Gasteiger partial charge is 0.465 e. The predicted molar refractivity (Wildman–Crippen MR) is 80.8 cm³/mol. The summed E-state index contributed by atoms with van der Waals surface area (Å²) in [4.78, 5) is 12.3. The molecule has 110 valence electrons. The van der Waals surface area contributed by atoms with Gasteiger partial charge in [0.25, 0.3) is 0 Å². The average molecular weight is 342 g/mol. The van der Waals surface area contributed by atoms with Gasteiger partial charge in [0.05, 0.1) is 5.60 Å². The molecule has 2 rings (SSSR count). The molecule has 1 fully saturated rings.